The molecule has 1 saturated heterocycles. The van der Waals surface area contributed by atoms with Gasteiger partial charge in [0.15, 0.2) is 0 Å². The maximum absolute atomic E-state index is 5.94. The molecule has 0 spiro atoms. The van der Waals surface area contributed by atoms with E-state index >= 15 is 0 Å². The molecule has 1 aliphatic rings. The Kier molecular flexibility index (Phi) is 3.23. The van der Waals surface area contributed by atoms with Crippen LogP contribution in [0.4, 0.5) is 5.82 Å². The zero-order chi connectivity index (χ0) is 14.9. The second kappa shape index (κ2) is 5.38. The number of anilines is 1. The first-order valence-electron chi connectivity index (χ1n) is 7.40. The number of hydrogen-bond acceptors (Lipinski definition) is 5. The molecule has 0 N–H and O–H groups in total. The van der Waals surface area contributed by atoms with E-state index in [4.69, 9.17) is 4.74 Å². The van der Waals surface area contributed by atoms with Crippen LogP contribution in [0.2, 0.25) is 0 Å². The summed E-state index contributed by atoms with van der Waals surface area (Å²) in [5.41, 5.74) is 2.14. The minimum Gasteiger partial charge on any atom is -0.370 e. The van der Waals surface area contributed by atoms with Crippen molar-refractivity contribution in [1.29, 1.82) is 0 Å². The largest absolute Gasteiger partial charge is 0.370 e. The van der Waals surface area contributed by atoms with E-state index in [2.05, 4.69) is 38.2 Å². The van der Waals surface area contributed by atoms with Crippen LogP contribution >= 0.6 is 0 Å². The summed E-state index contributed by atoms with van der Waals surface area (Å²) >= 11 is 0. The van der Waals surface area contributed by atoms with E-state index in [0.717, 1.165) is 24.6 Å². The lowest BCUT2D eigenvalue weighted by atomic mass is 10.1. The molecule has 0 radical (unpaired) electrons. The van der Waals surface area contributed by atoms with E-state index in [1.807, 2.05) is 25.1 Å². The first-order chi connectivity index (χ1) is 10.8. The van der Waals surface area contributed by atoms with E-state index < -0.39 is 0 Å². The van der Waals surface area contributed by atoms with Crippen LogP contribution < -0.4 is 4.90 Å². The average Bonchev–Trinajstić information content (AvgIpc) is 3.03. The van der Waals surface area contributed by atoms with Crippen LogP contribution in [0, 0.1) is 6.92 Å². The Balaban J connectivity index is 1.68. The summed E-state index contributed by atoms with van der Waals surface area (Å²) in [7, 11) is 0. The summed E-state index contributed by atoms with van der Waals surface area (Å²) in [5, 5.41) is 4.29. The van der Waals surface area contributed by atoms with Crippen LogP contribution in [0.25, 0.3) is 5.78 Å². The quantitative estimate of drug-likeness (QED) is 0.724. The van der Waals surface area contributed by atoms with Crippen molar-refractivity contribution in [2.75, 3.05) is 24.6 Å². The Morgan fingerprint density at radius 1 is 1.23 bits per heavy atom. The molecule has 0 amide bonds. The Morgan fingerprint density at radius 3 is 2.95 bits per heavy atom. The van der Waals surface area contributed by atoms with Gasteiger partial charge in [0, 0.05) is 24.8 Å². The van der Waals surface area contributed by atoms with Gasteiger partial charge >= 0.3 is 0 Å². The second-order valence-corrected chi connectivity index (χ2v) is 5.44. The molecular weight excluding hydrogens is 278 g/mol. The molecule has 2 aromatic heterocycles. The Bertz CT molecular complexity index is 786. The zero-order valence-corrected chi connectivity index (χ0v) is 12.4. The number of hydrogen-bond donors (Lipinski definition) is 0. The lowest BCUT2D eigenvalue weighted by Gasteiger charge is -2.34. The number of aromatic nitrogens is 4. The van der Waals surface area contributed by atoms with E-state index in [-0.39, 0.29) is 6.10 Å². The van der Waals surface area contributed by atoms with Crippen LogP contribution in [-0.2, 0) is 4.74 Å². The highest BCUT2D eigenvalue weighted by molar-refractivity contribution is 5.47. The van der Waals surface area contributed by atoms with E-state index in [9.17, 15) is 0 Å². The summed E-state index contributed by atoms with van der Waals surface area (Å²) in [4.78, 5) is 10.9. The van der Waals surface area contributed by atoms with Gasteiger partial charge in [-0.1, -0.05) is 30.3 Å². The highest BCUT2D eigenvalue weighted by Gasteiger charge is 2.24. The summed E-state index contributed by atoms with van der Waals surface area (Å²) in [6.45, 7) is 4.30. The molecule has 1 aliphatic heterocycles. The number of aryl methyl sites for hydroxylation is 1. The minimum atomic E-state index is 0.0713. The number of nitrogens with zero attached hydrogens (tertiary/aromatic N) is 5. The van der Waals surface area contributed by atoms with Gasteiger partial charge in [-0.2, -0.15) is 14.6 Å². The lowest BCUT2D eigenvalue weighted by molar-refractivity contribution is 0.0394. The standard InChI is InChI=1S/C16H17N5O/c1-12-9-15(21-16(19-12)17-11-18-21)20-7-8-22-14(10-20)13-5-3-2-4-6-13/h2-6,9,11,14H,7-8,10H2,1H3/t14-/m1/s1. The predicted octanol–water partition coefficient (Wildman–Crippen LogP) is 2.01. The smallest absolute Gasteiger partial charge is 0.254 e. The van der Waals surface area contributed by atoms with Crippen molar-refractivity contribution in [3.8, 4) is 0 Å². The van der Waals surface area contributed by atoms with E-state index in [1.165, 1.54) is 5.56 Å². The normalized spacial score (nSPS) is 18.8. The second-order valence-electron chi connectivity index (χ2n) is 5.44. The van der Waals surface area contributed by atoms with Crippen molar-refractivity contribution in [3.63, 3.8) is 0 Å². The van der Waals surface area contributed by atoms with Gasteiger partial charge in [0.25, 0.3) is 5.78 Å². The van der Waals surface area contributed by atoms with Crippen molar-refractivity contribution in [2.45, 2.75) is 13.0 Å². The van der Waals surface area contributed by atoms with Crippen molar-refractivity contribution in [3.05, 3.63) is 54.0 Å². The molecule has 22 heavy (non-hydrogen) atoms. The van der Waals surface area contributed by atoms with Crippen molar-refractivity contribution >= 4 is 11.6 Å². The fourth-order valence-electron chi connectivity index (χ4n) is 2.86. The molecule has 4 rings (SSSR count). The van der Waals surface area contributed by atoms with Gasteiger partial charge in [-0.15, -0.1) is 0 Å². The topological polar surface area (TPSA) is 55.6 Å². The first-order valence-corrected chi connectivity index (χ1v) is 7.40. The molecule has 1 atom stereocenters. The van der Waals surface area contributed by atoms with Crippen LogP contribution in [0.1, 0.15) is 17.4 Å². The van der Waals surface area contributed by atoms with Gasteiger partial charge in [-0.25, -0.2) is 4.98 Å². The Labute approximate surface area is 128 Å². The summed E-state index contributed by atoms with van der Waals surface area (Å²) in [6, 6.07) is 12.4. The zero-order valence-electron chi connectivity index (χ0n) is 12.4. The van der Waals surface area contributed by atoms with Gasteiger partial charge in [-0.3, -0.25) is 0 Å². The summed E-state index contributed by atoms with van der Waals surface area (Å²) in [6.07, 6.45) is 1.61. The summed E-state index contributed by atoms with van der Waals surface area (Å²) in [5.74, 6) is 1.65. The van der Waals surface area contributed by atoms with Crippen molar-refractivity contribution < 1.29 is 4.74 Å². The molecule has 1 fully saturated rings. The fourth-order valence-corrected chi connectivity index (χ4v) is 2.86. The molecule has 1 aromatic carbocycles. The van der Waals surface area contributed by atoms with Crippen LogP contribution in [0.15, 0.2) is 42.7 Å². The SMILES string of the molecule is Cc1cc(N2CCO[C@@H](c3ccccc3)C2)n2ncnc2n1. The number of morpholine rings is 1. The summed E-state index contributed by atoms with van der Waals surface area (Å²) < 4.78 is 7.73. The molecule has 6 heteroatoms. The minimum absolute atomic E-state index is 0.0713. The third-order valence-corrected chi connectivity index (χ3v) is 3.92. The molecule has 0 saturated carbocycles. The van der Waals surface area contributed by atoms with Crippen LogP contribution in [-0.4, -0.2) is 39.3 Å². The third-order valence-electron chi connectivity index (χ3n) is 3.92. The van der Waals surface area contributed by atoms with Crippen molar-refractivity contribution in [2.24, 2.45) is 0 Å². The number of fused-ring (bicyclic) bond motifs is 1. The Hall–Kier alpha value is -2.47. The van der Waals surface area contributed by atoms with Gasteiger partial charge in [0.1, 0.15) is 18.2 Å². The molecule has 0 bridgehead atoms. The molecule has 6 nitrogen and oxygen atoms in total. The molecule has 3 heterocycles. The predicted molar refractivity (Wildman–Crippen MR) is 82.9 cm³/mol. The van der Waals surface area contributed by atoms with Gasteiger partial charge < -0.3 is 9.64 Å². The lowest BCUT2D eigenvalue weighted by Crippen LogP contribution is -2.39. The first kappa shape index (κ1) is 13.2. The molecule has 0 unspecified atom stereocenters. The highest BCUT2D eigenvalue weighted by atomic mass is 16.5. The maximum Gasteiger partial charge on any atom is 0.254 e. The average molecular weight is 295 g/mol. The number of ether oxygens (including phenoxy) is 1. The number of rotatable bonds is 2. The molecule has 0 aliphatic carbocycles. The Morgan fingerprint density at radius 2 is 2.09 bits per heavy atom. The van der Waals surface area contributed by atoms with Crippen LogP contribution in [0.3, 0.4) is 0 Å². The fraction of sp³-hybridized carbons (Fsp3) is 0.312. The third kappa shape index (κ3) is 2.31. The molecular formula is C16H17N5O. The van der Waals surface area contributed by atoms with Gasteiger partial charge in [0.2, 0.25) is 0 Å². The number of benzene rings is 1. The van der Waals surface area contributed by atoms with E-state index in [1.54, 1.807) is 10.8 Å². The highest BCUT2D eigenvalue weighted by Crippen LogP contribution is 2.26. The van der Waals surface area contributed by atoms with Crippen LogP contribution in [0.5, 0.6) is 0 Å². The van der Waals surface area contributed by atoms with Gasteiger partial charge in [0.05, 0.1) is 6.61 Å². The monoisotopic (exact) mass is 295 g/mol. The van der Waals surface area contributed by atoms with E-state index in [0.29, 0.717) is 12.4 Å². The van der Waals surface area contributed by atoms with Crippen molar-refractivity contribution in [1.82, 2.24) is 19.6 Å². The van der Waals surface area contributed by atoms with Gasteiger partial charge in [-0.05, 0) is 12.5 Å². The maximum atomic E-state index is 5.94. The molecule has 3 aromatic rings. The molecule has 112 valence electrons.